The molecule has 1 aliphatic heterocycles. The van der Waals surface area contributed by atoms with E-state index in [0.29, 0.717) is 11.3 Å². The van der Waals surface area contributed by atoms with Gasteiger partial charge in [-0.25, -0.2) is 8.42 Å². The smallest absolute Gasteiger partial charge is 0.270 e. The maximum Gasteiger partial charge on any atom is 0.270 e. The van der Waals surface area contributed by atoms with Gasteiger partial charge in [0.2, 0.25) is 10.0 Å². The van der Waals surface area contributed by atoms with Gasteiger partial charge in [0.15, 0.2) is 0 Å². The lowest BCUT2D eigenvalue weighted by Gasteiger charge is -2.26. The first-order chi connectivity index (χ1) is 14.3. The van der Waals surface area contributed by atoms with E-state index >= 15 is 0 Å². The molecule has 1 fully saturated rings. The summed E-state index contributed by atoms with van der Waals surface area (Å²) in [5.74, 6) is 0.577. The number of anilines is 1. The van der Waals surface area contributed by atoms with Gasteiger partial charge in [-0.2, -0.15) is 9.41 Å². The molecule has 2 aromatic carbocycles. The average molecular weight is 499 g/mol. The SMILES string of the molecule is COc1ccc(Br)cc1/C=N/Nc1ccc([N+](=O)[O-])cc1S(=O)(=O)N1CCOCC1. The number of morpholine rings is 1. The van der Waals surface area contributed by atoms with Crippen molar-refractivity contribution in [2.75, 3.05) is 38.8 Å². The Balaban J connectivity index is 1.95. The van der Waals surface area contributed by atoms with Crippen LogP contribution in [0.3, 0.4) is 0 Å². The molecule has 12 heteroatoms. The summed E-state index contributed by atoms with van der Waals surface area (Å²) in [6.45, 7) is 0.863. The second kappa shape index (κ2) is 9.51. The van der Waals surface area contributed by atoms with Gasteiger partial charge in [-0.3, -0.25) is 15.5 Å². The van der Waals surface area contributed by atoms with Crippen molar-refractivity contribution in [2.24, 2.45) is 5.10 Å². The van der Waals surface area contributed by atoms with Crippen LogP contribution in [-0.4, -0.2) is 57.3 Å². The number of nitro groups is 1. The van der Waals surface area contributed by atoms with Crippen molar-refractivity contribution in [3.63, 3.8) is 0 Å². The largest absolute Gasteiger partial charge is 0.496 e. The van der Waals surface area contributed by atoms with Crippen LogP contribution in [0.2, 0.25) is 0 Å². The quantitative estimate of drug-likeness (QED) is 0.353. The van der Waals surface area contributed by atoms with Crippen LogP contribution in [0, 0.1) is 10.1 Å². The molecule has 1 aliphatic rings. The normalized spacial score (nSPS) is 15.3. The molecule has 0 aliphatic carbocycles. The van der Waals surface area contributed by atoms with E-state index in [1.807, 2.05) is 6.07 Å². The maximum absolute atomic E-state index is 13.1. The summed E-state index contributed by atoms with van der Waals surface area (Å²) in [6.07, 6.45) is 1.47. The molecular formula is C18H19BrN4O6S. The molecule has 0 radical (unpaired) electrons. The van der Waals surface area contributed by atoms with Gasteiger partial charge in [0.05, 0.1) is 37.1 Å². The molecule has 0 spiro atoms. The number of halogens is 1. The van der Waals surface area contributed by atoms with E-state index in [4.69, 9.17) is 9.47 Å². The molecule has 3 rings (SSSR count). The van der Waals surface area contributed by atoms with Crippen LogP contribution >= 0.6 is 15.9 Å². The lowest BCUT2D eigenvalue weighted by atomic mass is 10.2. The van der Waals surface area contributed by atoms with Crippen molar-refractivity contribution in [1.82, 2.24) is 4.31 Å². The zero-order chi connectivity index (χ0) is 21.7. The summed E-state index contributed by atoms with van der Waals surface area (Å²) in [6, 6.07) is 8.92. The van der Waals surface area contributed by atoms with Gasteiger partial charge in [0.25, 0.3) is 5.69 Å². The molecule has 0 amide bonds. The Kier molecular flexibility index (Phi) is 7.02. The summed E-state index contributed by atoms with van der Waals surface area (Å²) in [4.78, 5) is 10.3. The number of nitrogens with zero attached hydrogens (tertiary/aromatic N) is 3. The summed E-state index contributed by atoms with van der Waals surface area (Å²) < 4.78 is 38.7. The molecule has 160 valence electrons. The van der Waals surface area contributed by atoms with Crippen LogP contribution in [-0.2, 0) is 14.8 Å². The first-order valence-corrected chi connectivity index (χ1v) is 11.0. The first kappa shape index (κ1) is 22.2. The fraction of sp³-hybridized carbons (Fsp3) is 0.278. The monoisotopic (exact) mass is 498 g/mol. The van der Waals surface area contributed by atoms with Crippen molar-refractivity contribution in [3.8, 4) is 5.75 Å². The molecule has 10 nitrogen and oxygen atoms in total. The molecule has 30 heavy (non-hydrogen) atoms. The molecule has 0 aromatic heterocycles. The standard InChI is InChI=1S/C18H19BrN4O6S/c1-28-17-5-2-14(19)10-13(17)12-20-21-16-4-3-15(23(24)25)11-18(16)30(26,27)22-6-8-29-9-7-22/h2-5,10-12,21H,6-9H2,1H3/b20-12+. The lowest BCUT2D eigenvalue weighted by Crippen LogP contribution is -2.40. The number of hydrazone groups is 1. The van der Waals surface area contributed by atoms with Crippen LogP contribution in [0.25, 0.3) is 0 Å². The predicted molar refractivity (Wildman–Crippen MR) is 115 cm³/mol. The Bertz CT molecular complexity index is 1070. The number of hydrogen-bond acceptors (Lipinski definition) is 8. The van der Waals surface area contributed by atoms with Gasteiger partial charge in [0.1, 0.15) is 10.6 Å². The predicted octanol–water partition coefficient (Wildman–Crippen LogP) is 2.83. The van der Waals surface area contributed by atoms with Crippen LogP contribution in [0.4, 0.5) is 11.4 Å². The number of non-ortho nitro benzene ring substituents is 1. The molecule has 1 N–H and O–H groups in total. The van der Waals surface area contributed by atoms with E-state index in [1.165, 1.54) is 29.8 Å². The molecule has 2 aromatic rings. The van der Waals surface area contributed by atoms with Crippen molar-refractivity contribution in [2.45, 2.75) is 4.90 Å². The zero-order valence-corrected chi connectivity index (χ0v) is 18.3. The van der Waals surface area contributed by atoms with Crippen LogP contribution < -0.4 is 10.2 Å². The summed E-state index contributed by atoms with van der Waals surface area (Å²) >= 11 is 3.37. The zero-order valence-electron chi connectivity index (χ0n) is 15.9. The third-order valence-corrected chi connectivity index (χ3v) is 6.78. The van der Waals surface area contributed by atoms with Gasteiger partial charge in [-0.05, 0) is 24.3 Å². The van der Waals surface area contributed by atoms with Gasteiger partial charge < -0.3 is 9.47 Å². The minimum Gasteiger partial charge on any atom is -0.496 e. The topological polar surface area (TPSA) is 123 Å². The van der Waals surface area contributed by atoms with Crippen LogP contribution in [0.5, 0.6) is 5.75 Å². The van der Waals surface area contributed by atoms with E-state index in [1.54, 1.807) is 12.1 Å². The highest BCUT2D eigenvalue weighted by Gasteiger charge is 2.30. The molecule has 0 bridgehead atoms. The maximum atomic E-state index is 13.1. The third kappa shape index (κ3) is 4.95. The van der Waals surface area contributed by atoms with Crippen LogP contribution in [0.1, 0.15) is 5.56 Å². The fourth-order valence-electron chi connectivity index (χ4n) is 2.83. The molecule has 1 saturated heterocycles. The summed E-state index contributed by atoms with van der Waals surface area (Å²) in [5, 5.41) is 15.3. The Labute approximate surface area is 181 Å². The van der Waals surface area contributed by atoms with E-state index < -0.39 is 14.9 Å². The highest BCUT2D eigenvalue weighted by Crippen LogP contribution is 2.30. The number of hydrogen-bond donors (Lipinski definition) is 1. The van der Waals surface area contributed by atoms with E-state index in [0.717, 1.165) is 10.5 Å². The number of sulfonamides is 1. The number of nitro benzene ring substituents is 1. The van der Waals surface area contributed by atoms with Gasteiger partial charge >= 0.3 is 0 Å². The Morgan fingerprint density at radius 1 is 1.27 bits per heavy atom. The Hall–Kier alpha value is -2.54. The highest BCUT2D eigenvalue weighted by atomic mass is 79.9. The number of methoxy groups -OCH3 is 1. The van der Waals surface area contributed by atoms with Gasteiger partial charge in [0, 0.05) is 35.3 Å². The summed E-state index contributed by atoms with van der Waals surface area (Å²) in [5.41, 5.74) is 3.13. The Morgan fingerprint density at radius 3 is 2.67 bits per heavy atom. The first-order valence-electron chi connectivity index (χ1n) is 8.82. The summed E-state index contributed by atoms with van der Waals surface area (Å²) in [7, 11) is -2.46. The van der Waals surface area contributed by atoms with E-state index in [-0.39, 0.29) is 42.6 Å². The highest BCUT2D eigenvalue weighted by molar-refractivity contribution is 9.10. The molecule has 0 saturated carbocycles. The van der Waals surface area contributed by atoms with Crippen molar-refractivity contribution < 1.29 is 22.8 Å². The fourth-order valence-corrected chi connectivity index (χ4v) is 4.78. The minimum absolute atomic E-state index is 0.123. The molecular weight excluding hydrogens is 480 g/mol. The second-order valence-corrected chi connectivity index (χ2v) is 9.03. The van der Waals surface area contributed by atoms with E-state index in [2.05, 4.69) is 26.5 Å². The molecule has 1 heterocycles. The number of ether oxygens (including phenoxy) is 2. The van der Waals surface area contributed by atoms with Gasteiger partial charge in [-0.15, -0.1) is 0 Å². The molecule has 0 atom stereocenters. The van der Waals surface area contributed by atoms with E-state index in [9.17, 15) is 18.5 Å². The third-order valence-electron chi connectivity index (χ3n) is 4.34. The number of nitrogens with one attached hydrogen (secondary N) is 1. The molecule has 0 unspecified atom stereocenters. The van der Waals surface area contributed by atoms with Crippen molar-refractivity contribution in [1.29, 1.82) is 0 Å². The average Bonchev–Trinajstić information content (AvgIpc) is 2.74. The van der Waals surface area contributed by atoms with Crippen LogP contribution in [0.15, 0.2) is 50.9 Å². The van der Waals surface area contributed by atoms with Crippen molar-refractivity contribution >= 4 is 43.5 Å². The Morgan fingerprint density at radius 2 is 2.00 bits per heavy atom. The van der Waals surface area contributed by atoms with Crippen molar-refractivity contribution in [3.05, 3.63) is 56.5 Å². The number of rotatable bonds is 7. The second-order valence-electron chi connectivity index (χ2n) is 6.21. The lowest BCUT2D eigenvalue weighted by molar-refractivity contribution is -0.385. The minimum atomic E-state index is -3.98. The number of benzene rings is 2. The van der Waals surface area contributed by atoms with Gasteiger partial charge in [-0.1, -0.05) is 15.9 Å².